The first-order chi connectivity index (χ1) is 14.3. The van der Waals surface area contributed by atoms with Crippen LogP contribution in [0.5, 0.6) is 0 Å². The van der Waals surface area contributed by atoms with Crippen LogP contribution in [0.4, 0.5) is 0 Å². The van der Waals surface area contributed by atoms with Gasteiger partial charge in [-0.25, -0.2) is 4.79 Å². The summed E-state index contributed by atoms with van der Waals surface area (Å²) in [5.41, 5.74) is 1.87. The normalized spacial score (nSPS) is 12.4. The van der Waals surface area contributed by atoms with Crippen LogP contribution in [0.2, 0.25) is 0 Å². The summed E-state index contributed by atoms with van der Waals surface area (Å²) in [6.07, 6.45) is 0.283. The van der Waals surface area contributed by atoms with E-state index in [1.54, 1.807) is 38.1 Å². The molecule has 0 heterocycles. The number of hydrogen-bond donors (Lipinski definition) is 2. The Kier molecular flexibility index (Phi) is 9.48. The fourth-order valence-corrected chi connectivity index (χ4v) is 5.14. The Labute approximate surface area is 189 Å². The lowest BCUT2D eigenvalue weighted by Crippen LogP contribution is -2.42. The molecule has 0 aliphatic carbocycles. The van der Waals surface area contributed by atoms with Crippen LogP contribution in [0.3, 0.4) is 0 Å². The Morgan fingerprint density at radius 2 is 1.67 bits per heavy atom. The van der Waals surface area contributed by atoms with E-state index in [-0.39, 0.29) is 25.8 Å². The third-order valence-corrected chi connectivity index (χ3v) is 7.34. The average molecular weight is 545 g/mol. The standard InChI is InChI=1S/C21H25INO6P/c1-3-28-30(27,29-4-2)14-15-9-11-16(12-10-15)20(24)23-19(21(25)26)13-17-7-5-6-8-18(17)22/h5-12,19H,3-4,13-14H2,1-2H3,(H,23,24)(H,25,26)/t19-/m0/s1. The lowest BCUT2D eigenvalue weighted by molar-refractivity contribution is -0.139. The van der Waals surface area contributed by atoms with Crippen molar-refractivity contribution in [1.29, 1.82) is 0 Å². The van der Waals surface area contributed by atoms with Crippen LogP contribution in [0.1, 0.15) is 35.3 Å². The van der Waals surface area contributed by atoms with Gasteiger partial charge in [-0.3, -0.25) is 9.36 Å². The molecule has 0 aromatic heterocycles. The molecular formula is C21H25INO6P. The van der Waals surface area contributed by atoms with Gasteiger partial charge in [0.05, 0.1) is 19.4 Å². The molecule has 0 spiro atoms. The second-order valence-corrected chi connectivity index (χ2v) is 9.68. The number of aliphatic carboxylic acids is 1. The molecule has 162 valence electrons. The highest BCUT2D eigenvalue weighted by molar-refractivity contribution is 14.1. The summed E-state index contributed by atoms with van der Waals surface area (Å²) in [6, 6.07) is 12.8. The zero-order chi connectivity index (χ0) is 22.1. The van der Waals surface area contributed by atoms with Crippen LogP contribution in [-0.4, -0.2) is 36.2 Å². The van der Waals surface area contributed by atoms with Crippen molar-refractivity contribution in [3.8, 4) is 0 Å². The SMILES string of the molecule is CCOP(=O)(Cc1ccc(C(=O)N[C@@H](Cc2ccccc2I)C(=O)O)cc1)OCC. The Hall–Kier alpha value is -1.74. The summed E-state index contributed by atoms with van der Waals surface area (Å²) < 4.78 is 24.1. The Morgan fingerprint density at radius 1 is 1.07 bits per heavy atom. The minimum Gasteiger partial charge on any atom is -0.480 e. The van der Waals surface area contributed by atoms with Crippen LogP contribution in [-0.2, 0) is 31.0 Å². The van der Waals surface area contributed by atoms with E-state index in [0.717, 1.165) is 9.13 Å². The van der Waals surface area contributed by atoms with E-state index >= 15 is 0 Å². The number of rotatable bonds is 11. The molecule has 1 atom stereocenters. The predicted molar refractivity (Wildman–Crippen MR) is 123 cm³/mol. The molecule has 30 heavy (non-hydrogen) atoms. The Balaban J connectivity index is 2.07. The average Bonchev–Trinajstić information content (AvgIpc) is 2.69. The third-order valence-electron chi connectivity index (χ3n) is 4.23. The van der Waals surface area contributed by atoms with E-state index < -0.39 is 25.5 Å². The number of carbonyl (C=O) groups excluding carboxylic acids is 1. The summed E-state index contributed by atoms with van der Waals surface area (Å²) >= 11 is 2.14. The molecule has 0 aliphatic rings. The van der Waals surface area contributed by atoms with Gasteiger partial charge in [-0.05, 0) is 65.8 Å². The van der Waals surface area contributed by atoms with Crippen LogP contribution in [0.25, 0.3) is 0 Å². The van der Waals surface area contributed by atoms with Crippen molar-refractivity contribution in [2.24, 2.45) is 0 Å². The maximum Gasteiger partial charge on any atom is 0.335 e. The number of halogens is 1. The molecule has 0 unspecified atom stereocenters. The van der Waals surface area contributed by atoms with Gasteiger partial charge in [0.25, 0.3) is 5.91 Å². The zero-order valence-corrected chi connectivity index (χ0v) is 19.9. The summed E-state index contributed by atoms with van der Waals surface area (Å²) in [4.78, 5) is 24.2. The maximum absolute atomic E-state index is 12.6. The van der Waals surface area contributed by atoms with Crippen LogP contribution in [0.15, 0.2) is 48.5 Å². The molecule has 0 saturated heterocycles. The van der Waals surface area contributed by atoms with Crippen LogP contribution < -0.4 is 5.32 Å². The molecule has 2 rings (SSSR count). The van der Waals surface area contributed by atoms with Crippen LogP contribution in [0, 0.1) is 3.57 Å². The van der Waals surface area contributed by atoms with Gasteiger partial charge in [0.1, 0.15) is 6.04 Å². The first-order valence-corrected chi connectivity index (χ1v) is 12.3. The van der Waals surface area contributed by atoms with E-state index in [1.165, 1.54) is 0 Å². The molecule has 0 radical (unpaired) electrons. The summed E-state index contributed by atoms with van der Waals surface area (Å²) in [7, 11) is -3.24. The zero-order valence-electron chi connectivity index (χ0n) is 16.8. The van der Waals surface area contributed by atoms with Gasteiger partial charge in [0.15, 0.2) is 0 Å². The molecule has 1 amide bonds. The van der Waals surface area contributed by atoms with E-state index in [4.69, 9.17) is 9.05 Å². The predicted octanol–water partition coefficient (Wildman–Crippen LogP) is 4.48. The number of nitrogens with one attached hydrogen (secondary N) is 1. The van der Waals surface area contributed by atoms with Crippen molar-refractivity contribution in [2.75, 3.05) is 13.2 Å². The first-order valence-electron chi connectivity index (χ1n) is 9.52. The van der Waals surface area contributed by atoms with E-state index in [0.29, 0.717) is 11.1 Å². The fraction of sp³-hybridized carbons (Fsp3) is 0.333. The van der Waals surface area contributed by atoms with E-state index in [1.807, 2.05) is 24.3 Å². The van der Waals surface area contributed by atoms with Gasteiger partial charge >= 0.3 is 13.6 Å². The second-order valence-electron chi connectivity index (χ2n) is 6.46. The molecule has 0 aliphatic heterocycles. The molecule has 2 N–H and O–H groups in total. The van der Waals surface area contributed by atoms with Gasteiger partial charge in [-0.2, -0.15) is 0 Å². The highest BCUT2D eigenvalue weighted by Crippen LogP contribution is 2.51. The molecule has 0 bridgehead atoms. The van der Waals surface area contributed by atoms with Gasteiger partial charge in [0, 0.05) is 15.6 Å². The van der Waals surface area contributed by atoms with Crippen molar-refractivity contribution in [3.05, 3.63) is 68.8 Å². The molecule has 9 heteroatoms. The smallest absolute Gasteiger partial charge is 0.335 e. The third kappa shape index (κ3) is 7.19. The Bertz CT molecular complexity index is 908. The molecule has 2 aromatic carbocycles. The second kappa shape index (κ2) is 11.6. The van der Waals surface area contributed by atoms with Gasteiger partial charge in [0.2, 0.25) is 0 Å². The number of hydrogen-bond acceptors (Lipinski definition) is 5. The van der Waals surface area contributed by atoms with Gasteiger partial charge in [-0.1, -0.05) is 30.3 Å². The highest BCUT2D eigenvalue weighted by atomic mass is 127. The largest absolute Gasteiger partial charge is 0.480 e. The quantitative estimate of drug-likeness (QED) is 0.319. The summed E-state index contributed by atoms with van der Waals surface area (Å²) in [5, 5.41) is 12.1. The lowest BCUT2D eigenvalue weighted by atomic mass is 10.1. The minimum absolute atomic E-state index is 0.0980. The van der Waals surface area contributed by atoms with Crippen molar-refractivity contribution >= 4 is 42.1 Å². The highest BCUT2D eigenvalue weighted by Gasteiger charge is 2.25. The minimum atomic E-state index is -3.24. The fourth-order valence-electron chi connectivity index (χ4n) is 2.83. The molecule has 0 saturated carbocycles. The molecule has 0 fully saturated rings. The topological polar surface area (TPSA) is 102 Å². The van der Waals surface area contributed by atoms with Crippen molar-refractivity contribution < 1.29 is 28.3 Å². The molecular weight excluding hydrogens is 520 g/mol. The van der Waals surface area contributed by atoms with Crippen molar-refractivity contribution in [1.82, 2.24) is 5.32 Å². The summed E-state index contributed by atoms with van der Waals surface area (Å²) in [5.74, 6) is -1.59. The number of carboxylic acid groups (broad SMARTS) is 1. The number of carboxylic acids is 1. The molecule has 2 aromatic rings. The number of benzene rings is 2. The van der Waals surface area contributed by atoms with E-state index in [2.05, 4.69) is 27.9 Å². The van der Waals surface area contributed by atoms with Gasteiger partial charge < -0.3 is 19.5 Å². The van der Waals surface area contributed by atoms with Crippen molar-refractivity contribution in [2.45, 2.75) is 32.5 Å². The number of carbonyl (C=O) groups is 2. The molecule has 7 nitrogen and oxygen atoms in total. The maximum atomic E-state index is 12.6. The van der Waals surface area contributed by atoms with Crippen LogP contribution >= 0.6 is 30.2 Å². The number of amides is 1. The first kappa shape index (κ1) is 24.5. The van der Waals surface area contributed by atoms with Crippen molar-refractivity contribution in [3.63, 3.8) is 0 Å². The Morgan fingerprint density at radius 3 is 2.20 bits per heavy atom. The monoisotopic (exact) mass is 545 g/mol. The summed E-state index contributed by atoms with van der Waals surface area (Å²) in [6.45, 7) is 4.03. The van der Waals surface area contributed by atoms with E-state index in [9.17, 15) is 19.3 Å². The lowest BCUT2D eigenvalue weighted by Gasteiger charge is -2.17. The van der Waals surface area contributed by atoms with Gasteiger partial charge in [-0.15, -0.1) is 0 Å².